The Kier molecular flexibility index (Phi) is 3.96. The van der Waals surface area contributed by atoms with Crippen LogP contribution >= 0.6 is 0 Å². The summed E-state index contributed by atoms with van der Waals surface area (Å²) in [5.41, 5.74) is 4.53. The van der Waals surface area contributed by atoms with Crippen molar-refractivity contribution in [3.05, 3.63) is 29.5 Å². The lowest BCUT2D eigenvalue weighted by atomic mass is 10.2. The van der Waals surface area contributed by atoms with Crippen LogP contribution in [0.25, 0.3) is 6.08 Å². The summed E-state index contributed by atoms with van der Waals surface area (Å²) in [5, 5.41) is 0. The van der Waals surface area contributed by atoms with Crippen LogP contribution in [0.3, 0.4) is 0 Å². The van der Waals surface area contributed by atoms with Gasteiger partial charge in [-0.1, -0.05) is 0 Å². The third kappa shape index (κ3) is 3.28. The van der Waals surface area contributed by atoms with Gasteiger partial charge in [0.15, 0.2) is 0 Å². The van der Waals surface area contributed by atoms with E-state index in [1.807, 2.05) is 0 Å². The normalized spacial score (nSPS) is 16.1. The number of halogens is 3. The second kappa shape index (κ2) is 5.52. The topological polar surface area (TPSA) is 59.2 Å². The highest BCUT2D eigenvalue weighted by atomic mass is 19.4. The zero-order valence-corrected chi connectivity index (χ0v) is 10.7. The molecule has 2 rings (SSSR count). The molecule has 7 heteroatoms. The van der Waals surface area contributed by atoms with Gasteiger partial charge in [0.2, 0.25) is 5.91 Å². The number of hydrogen-bond donors (Lipinski definition) is 1. The van der Waals surface area contributed by atoms with E-state index in [2.05, 4.69) is 4.98 Å². The number of rotatable bonds is 3. The number of nitrogens with two attached hydrogens (primary N) is 1. The number of pyridine rings is 1. The van der Waals surface area contributed by atoms with Crippen molar-refractivity contribution < 1.29 is 18.0 Å². The average Bonchev–Trinajstić information content (AvgIpc) is 2.88. The highest BCUT2D eigenvalue weighted by molar-refractivity contribution is 5.91. The summed E-state index contributed by atoms with van der Waals surface area (Å²) >= 11 is 0. The van der Waals surface area contributed by atoms with Crippen molar-refractivity contribution in [3.63, 3.8) is 0 Å². The van der Waals surface area contributed by atoms with E-state index in [-0.39, 0.29) is 5.82 Å². The number of nitrogens with zero attached hydrogens (tertiary/aromatic N) is 2. The molecule has 0 aromatic carbocycles. The molecular weight excluding hydrogens is 271 g/mol. The first-order valence-electron chi connectivity index (χ1n) is 6.18. The molecule has 1 fully saturated rings. The molecule has 0 bridgehead atoms. The minimum atomic E-state index is -4.49. The highest BCUT2D eigenvalue weighted by Crippen LogP contribution is 2.32. The fourth-order valence-electron chi connectivity index (χ4n) is 2.10. The maximum Gasteiger partial charge on any atom is 0.433 e. The zero-order chi connectivity index (χ0) is 14.8. The first kappa shape index (κ1) is 14.4. The standard InChI is InChI=1S/C13H14F3N3O/c14-13(15,16)10-5-3-9(4-6-11(17)20)12(18-10)19-7-1-2-8-19/h3-6H,1-2,7-8H2,(H2,17,20). The predicted molar refractivity (Wildman–Crippen MR) is 68.9 cm³/mol. The van der Waals surface area contributed by atoms with E-state index in [0.29, 0.717) is 18.7 Å². The molecule has 1 aromatic rings. The Morgan fingerprint density at radius 3 is 2.50 bits per heavy atom. The van der Waals surface area contributed by atoms with Crippen LogP contribution in [0.5, 0.6) is 0 Å². The van der Waals surface area contributed by atoms with Crippen molar-refractivity contribution in [2.75, 3.05) is 18.0 Å². The van der Waals surface area contributed by atoms with Crippen LogP contribution in [0.2, 0.25) is 0 Å². The third-order valence-corrected chi connectivity index (χ3v) is 3.03. The molecule has 4 nitrogen and oxygen atoms in total. The third-order valence-electron chi connectivity index (χ3n) is 3.03. The monoisotopic (exact) mass is 285 g/mol. The number of carbonyl (C=O) groups is 1. The summed E-state index contributed by atoms with van der Waals surface area (Å²) in [6.07, 6.45) is -0.152. The molecule has 1 aliphatic rings. The quantitative estimate of drug-likeness (QED) is 0.866. The van der Waals surface area contributed by atoms with Gasteiger partial charge in [-0.2, -0.15) is 13.2 Å². The molecular formula is C13H14F3N3O. The Balaban J connectivity index is 2.42. The van der Waals surface area contributed by atoms with E-state index in [1.165, 1.54) is 12.1 Å². The van der Waals surface area contributed by atoms with Crippen molar-refractivity contribution in [1.29, 1.82) is 0 Å². The van der Waals surface area contributed by atoms with Gasteiger partial charge in [0.05, 0.1) is 0 Å². The number of amides is 1. The maximum atomic E-state index is 12.7. The molecule has 0 spiro atoms. The van der Waals surface area contributed by atoms with Crippen LogP contribution in [0.1, 0.15) is 24.1 Å². The molecule has 2 N–H and O–H groups in total. The van der Waals surface area contributed by atoms with Gasteiger partial charge < -0.3 is 10.6 Å². The molecule has 2 heterocycles. The van der Waals surface area contributed by atoms with E-state index >= 15 is 0 Å². The molecule has 1 aliphatic heterocycles. The van der Waals surface area contributed by atoms with Crippen LogP contribution in [0.4, 0.5) is 19.0 Å². The SMILES string of the molecule is NC(=O)C=Cc1ccc(C(F)(F)F)nc1N1CCCC1. The lowest BCUT2D eigenvalue weighted by Gasteiger charge is -2.20. The summed E-state index contributed by atoms with van der Waals surface area (Å²) in [6.45, 7) is 1.32. The first-order valence-corrected chi connectivity index (χ1v) is 6.18. The van der Waals surface area contributed by atoms with Crippen LogP contribution in [-0.4, -0.2) is 24.0 Å². The lowest BCUT2D eigenvalue weighted by molar-refractivity contribution is -0.141. The number of alkyl halides is 3. The summed E-state index contributed by atoms with van der Waals surface area (Å²) < 4.78 is 38.2. The van der Waals surface area contributed by atoms with Gasteiger partial charge in [-0.05, 0) is 31.1 Å². The fraction of sp³-hybridized carbons (Fsp3) is 0.385. The van der Waals surface area contributed by atoms with E-state index < -0.39 is 17.8 Å². The number of primary amides is 1. The highest BCUT2D eigenvalue weighted by Gasteiger charge is 2.33. The minimum absolute atomic E-state index is 0.245. The Morgan fingerprint density at radius 1 is 1.30 bits per heavy atom. The average molecular weight is 285 g/mol. The molecule has 20 heavy (non-hydrogen) atoms. The van der Waals surface area contributed by atoms with Crippen molar-refractivity contribution >= 4 is 17.8 Å². The molecule has 0 unspecified atom stereocenters. The number of anilines is 1. The number of hydrogen-bond acceptors (Lipinski definition) is 3. The summed E-state index contributed by atoms with van der Waals surface area (Å²) in [6, 6.07) is 2.21. The smallest absolute Gasteiger partial charge is 0.366 e. The molecule has 0 saturated carbocycles. The van der Waals surface area contributed by atoms with Crippen molar-refractivity contribution in [2.24, 2.45) is 5.73 Å². The summed E-state index contributed by atoms with van der Waals surface area (Å²) in [4.78, 5) is 16.2. The van der Waals surface area contributed by atoms with Gasteiger partial charge in [0, 0.05) is 24.7 Å². The Morgan fingerprint density at radius 2 is 1.95 bits per heavy atom. The van der Waals surface area contributed by atoms with Gasteiger partial charge in [-0.25, -0.2) is 4.98 Å². The fourth-order valence-corrected chi connectivity index (χ4v) is 2.10. The lowest BCUT2D eigenvalue weighted by Crippen LogP contribution is -2.22. The zero-order valence-electron chi connectivity index (χ0n) is 10.7. The molecule has 1 saturated heterocycles. The number of aromatic nitrogens is 1. The van der Waals surface area contributed by atoms with Crippen LogP contribution < -0.4 is 10.6 Å². The molecule has 0 atom stereocenters. The van der Waals surface area contributed by atoms with Crippen molar-refractivity contribution in [2.45, 2.75) is 19.0 Å². The van der Waals surface area contributed by atoms with Gasteiger partial charge in [0.1, 0.15) is 11.5 Å². The maximum absolute atomic E-state index is 12.7. The molecule has 1 amide bonds. The van der Waals surface area contributed by atoms with Gasteiger partial charge in [0.25, 0.3) is 0 Å². The van der Waals surface area contributed by atoms with Crippen LogP contribution in [-0.2, 0) is 11.0 Å². The van der Waals surface area contributed by atoms with Gasteiger partial charge in [-0.15, -0.1) is 0 Å². The van der Waals surface area contributed by atoms with E-state index in [4.69, 9.17) is 5.73 Å². The van der Waals surface area contributed by atoms with E-state index in [0.717, 1.165) is 25.0 Å². The summed E-state index contributed by atoms with van der Waals surface area (Å²) in [7, 11) is 0. The number of carbonyl (C=O) groups excluding carboxylic acids is 1. The van der Waals surface area contributed by atoms with Gasteiger partial charge in [-0.3, -0.25) is 4.79 Å². The van der Waals surface area contributed by atoms with E-state index in [9.17, 15) is 18.0 Å². The summed E-state index contributed by atoms with van der Waals surface area (Å²) in [5.74, 6) is -0.410. The molecule has 1 aromatic heterocycles. The molecule has 0 radical (unpaired) electrons. The van der Waals surface area contributed by atoms with E-state index in [1.54, 1.807) is 4.90 Å². The first-order chi connectivity index (χ1) is 9.38. The van der Waals surface area contributed by atoms with Crippen LogP contribution in [0.15, 0.2) is 18.2 Å². The molecule has 108 valence electrons. The largest absolute Gasteiger partial charge is 0.433 e. The van der Waals surface area contributed by atoms with Gasteiger partial charge >= 0.3 is 6.18 Å². The predicted octanol–water partition coefficient (Wildman–Crippen LogP) is 2.20. The van der Waals surface area contributed by atoms with Crippen molar-refractivity contribution in [1.82, 2.24) is 4.98 Å². The Hall–Kier alpha value is -2.05. The second-order valence-corrected chi connectivity index (χ2v) is 4.54. The minimum Gasteiger partial charge on any atom is -0.366 e. The Bertz CT molecular complexity index is 534. The van der Waals surface area contributed by atoms with Crippen LogP contribution in [0, 0.1) is 0 Å². The molecule has 0 aliphatic carbocycles. The second-order valence-electron chi connectivity index (χ2n) is 4.54. The van der Waals surface area contributed by atoms with Crippen molar-refractivity contribution in [3.8, 4) is 0 Å². The Labute approximate surface area is 114 Å².